The van der Waals surface area contributed by atoms with Gasteiger partial charge in [-0.15, -0.1) is 11.8 Å². The van der Waals surface area contributed by atoms with Gasteiger partial charge in [0, 0.05) is 6.54 Å². The maximum absolute atomic E-state index is 12.6. The average Bonchev–Trinajstić information content (AvgIpc) is 2.85. The van der Waals surface area contributed by atoms with E-state index in [2.05, 4.69) is 9.97 Å². The fourth-order valence-electron chi connectivity index (χ4n) is 2.51. The predicted molar refractivity (Wildman–Crippen MR) is 74.4 cm³/mol. The van der Waals surface area contributed by atoms with Gasteiger partial charge in [0.25, 0.3) is 5.91 Å². The van der Waals surface area contributed by atoms with Crippen molar-refractivity contribution >= 4 is 17.7 Å². The van der Waals surface area contributed by atoms with Crippen molar-refractivity contribution in [3.05, 3.63) is 17.1 Å². The predicted octanol–water partition coefficient (Wildman–Crippen LogP) is 1.41. The lowest BCUT2D eigenvalue weighted by Gasteiger charge is -2.24. The normalized spacial score (nSPS) is 18.9. The minimum atomic E-state index is -0.0668. The summed E-state index contributed by atoms with van der Waals surface area (Å²) in [4.78, 5) is 23.0. The van der Waals surface area contributed by atoms with Crippen molar-refractivity contribution in [3.8, 4) is 0 Å². The zero-order valence-electron chi connectivity index (χ0n) is 11.5. The number of carbonyl (C=O) groups is 1. The molecule has 5 nitrogen and oxygen atoms in total. The molecule has 2 rings (SSSR count). The van der Waals surface area contributed by atoms with Crippen molar-refractivity contribution in [2.75, 3.05) is 19.4 Å². The summed E-state index contributed by atoms with van der Waals surface area (Å²) in [6, 6.07) is -0.0668. The molecule has 1 saturated heterocycles. The van der Waals surface area contributed by atoms with Crippen LogP contribution >= 0.6 is 11.8 Å². The molecule has 0 aromatic carbocycles. The zero-order chi connectivity index (χ0) is 14.0. The minimum absolute atomic E-state index is 0.0199. The van der Waals surface area contributed by atoms with Gasteiger partial charge in [-0.1, -0.05) is 0 Å². The van der Waals surface area contributed by atoms with Crippen LogP contribution in [0.4, 0.5) is 0 Å². The Labute approximate surface area is 117 Å². The fourth-order valence-corrected chi connectivity index (χ4v) is 3.17. The third-order valence-electron chi connectivity index (χ3n) is 3.42. The fraction of sp³-hybridized carbons (Fsp3) is 0.615. The molecular weight excluding hydrogens is 262 g/mol. The molecule has 19 heavy (non-hydrogen) atoms. The Morgan fingerprint density at radius 1 is 1.47 bits per heavy atom. The molecule has 1 amide bonds. The van der Waals surface area contributed by atoms with Gasteiger partial charge in [-0.3, -0.25) is 4.79 Å². The first kappa shape index (κ1) is 14.3. The van der Waals surface area contributed by atoms with Gasteiger partial charge in [0.05, 0.1) is 23.9 Å². The van der Waals surface area contributed by atoms with Crippen molar-refractivity contribution < 1.29 is 9.90 Å². The van der Waals surface area contributed by atoms with Crippen molar-refractivity contribution in [2.45, 2.75) is 37.8 Å². The summed E-state index contributed by atoms with van der Waals surface area (Å²) < 4.78 is 0. The number of aromatic nitrogens is 2. The largest absolute Gasteiger partial charge is 0.394 e. The molecule has 1 aliphatic rings. The SMILES string of the molecule is CSc1nc(C)nc(C)c1C(=O)N1CCC[C@H]1CO. The highest BCUT2D eigenvalue weighted by atomic mass is 32.2. The van der Waals surface area contributed by atoms with E-state index in [1.165, 1.54) is 11.8 Å². The number of amides is 1. The topological polar surface area (TPSA) is 66.3 Å². The number of hydrogen-bond donors (Lipinski definition) is 1. The van der Waals surface area contributed by atoms with E-state index in [4.69, 9.17) is 0 Å². The number of carbonyl (C=O) groups excluding carboxylic acids is 1. The third-order valence-corrected chi connectivity index (χ3v) is 4.11. The summed E-state index contributed by atoms with van der Waals surface area (Å²) in [5.74, 6) is 0.622. The van der Waals surface area contributed by atoms with E-state index in [1.807, 2.05) is 20.1 Å². The smallest absolute Gasteiger partial charge is 0.258 e. The number of nitrogens with zero attached hydrogens (tertiary/aromatic N) is 3. The van der Waals surface area contributed by atoms with E-state index in [1.54, 1.807) is 4.90 Å². The standard InChI is InChI=1S/C13H19N3O2S/c1-8-11(12(19-3)15-9(2)14-8)13(18)16-6-4-5-10(16)7-17/h10,17H,4-7H2,1-3H3/t10-/m0/s1. The number of aliphatic hydroxyl groups is 1. The molecule has 0 unspecified atom stereocenters. The zero-order valence-corrected chi connectivity index (χ0v) is 12.3. The lowest BCUT2D eigenvalue weighted by Crippen LogP contribution is -2.38. The second-order valence-corrected chi connectivity index (χ2v) is 5.51. The van der Waals surface area contributed by atoms with Crippen LogP contribution in [0.15, 0.2) is 5.03 Å². The molecule has 1 aromatic rings. The molecule has 1 aromatic heterocycles. The van der Waals surface area contributed by atoms with Crippen molar-refractivity contribution in [1.29, 1.82) is 0 Å². The number of likely N-dealkylation sites (tertiary alicyclic amines) is 1. The Bertz CT molecular complexity index is 493. The Morgan fingerprint density at radius 2 is 2.21 bits per heavy atom. The second kappa shape index (κ2) is 5.88. The van der Waals surface area contributed by atoms with Crippen LogP contribution in [0.2, 0.25) is 0 Å². The number of thioether (sulfide) groups is 1. The monoisotopic (exact) mass is 281 g/mol. The van der Waals surface area contributed by atoms with E-state index in [-0.39, 0.29) is 18.6 Å². The molecule has 6 heteroatoms. The molecular formula is C13H19N3O2S. The highest BCUT2D eigenvalue weighted by molar-refractivity contribution is 7.98. The van der Waals surface area contributed by atoms with Crippen LogP contribution in [0.1, 0.15) is 34.7 Å². The Hall–Kier alpha value is -1.14. The van der Waals surface area contributed by atoms with Gasteiger partial charge in [0.1, 0.15) is 10.9 Å². The molecule has 1 fully saturated rings. The van der Waals surface area contributed by atoms with E-state index in [0.29, 0.717) is 23.6 Å². The quantitative estimate of drug-likeness (QED) is 0.670. The van der Waals surface area contributed by atoms with E-state index in [9.17, 15) is 9.90 Å². The average molecular weight is 281 g/mol. The molecule has 0 bridgehead atoms. The summed E-state index contributed by atoms with van der Waals surface area (Å²) in [6.45, 7) is 4.39. The minimum Gasteiger partial charge on any atom is -0.394 e. The Balaban J connectivity index is 2.38. The van der Waals surface area contributed by atoms with Gasteiger partial charge in [0.2, 0.25) is 0 Å². The summed E-state index contributed by atoms with van der Waals surface area (Å²) in [7, 11) is 0. The molecule has 1 aliphatic heterocycles. The molecule has 0 saturated carbocycles. The maximum Gasteiger partial charge on any atom is 0.258 e. The molecule has 1 N–H and O–H groups in total. The molecule has 1 atom stereocenters. The number of aryl methyl sites for hydroxylation is 2. The van der Waals surface area contributed by atoms with Gasteiger partial charge in [-0.2, -0.15) is 0 Å². The summed E-state index contributed by atoms with van der Waals surface area (Å²) in [5.41, 5.74) is 1.30. The molecule has 0 spiro atoms. The first-order chi connectivity index (χ1) is 9.08. The van der Waals surface area contributed by atoms with Crippen LogP contribution in [0.3, 0.4) is 0 Å². The molecule has 2 heterocycles. The van der Waals surface area contributed by atoms with Crippen LogP contribution in [0.25, 0.3) is 0 Å². The lowest BCUT2D eigenvalue weighted by molar-refractivity contribution is 0.0672. The van der Waals surface area contributed by atoms with E-state index in [0.717, 1.165) is 17.9 Å². The second-order valence-electron chi connectivity index (χ2n) is 4.72. The van der Waals surface area contributed by atoms with Gasteiger partial charge in [-0.25, -0.2) is 9.97 Å². The summed E-state index contributed by atoms with van der Waals surface area (Å²) >= 11 is 1.46. The van der Waals surface area contributed by atoms with Crippen LogP contribution in [0, 0.1) is 13.8 Å². The van der Waals surface area contributed by atoms with Crippen molar-refractivity contribution in [2.24, 2.45) is 0 Å². The van der Waals surface area contributed by atoms with Crippen LogP contribution in [-0.4, -0.2) is 51.3 Å². The van der Waals surface area contributed by atoms with Gasteiger partial charge in [-0.05, 0) is 32.9 Å². The highest BCUT2D eigenvalue weighted by Crippen LogP contribution is 2.26. The first-order valence-corrected chi connectivity index (χ1v) is 7.62. The number of rotatable bonds is 3. The van der Waals surface area contributed by atoms with Gasteiger partial charge in [0.15, 0.2) is 0 Å². The van der Waals surface area contributed by atoms with Crippen LogP contribution in [-0.2, 0) is 0 Å². The molecule has 0 aliphatic carbocycles. The van der Waals surface area contributed by atoms with Crippen LogP contribution < -0.4 is 0 Å². The number of aliphatic hydroxyl groups excluding tert-OH is 1. The number of hydrogen-bond acceptors (Lipinski definition) is 5. The Kier molecular flexibility index (Phi) is 4.42. The highest BCUT2D eigenvalue weighted by Gasteiger charge is 2.31. The maximum atomic E-state index is 12.6. The Morgan fingerprint density at radius 3 is 2.84 bits per heavy atom. The third kappa shape index (κ3) is 2.74. The van der Waals surface area contributed by atoms with Gasteiger partial charge < -0.3 is 10.0 Å². The van der Waals surface area contributed by atoms with Crippen molar-refractivity contribution in [3.63, 3.8) is 0 Å². The first-order valence-electron chi connectivity index (χ1n) is 6.39. The van der Waals surface area contributed by atoms with E-state index < -0.39 is 0 Å². The lowest BCUT2D eigenvalue weighted by atomic mass is 10.2. The molecule has 104 valence electrons. The summed E-state index contributed by atoms with van der Waals surface area (Å²) in [5, 5.41) is 10.1. The van der Waals surface area contributed by atoms with Crippen molar-refractivity contribution in [1.82, 2.24) is 14.9 Å². The summed E-state index contributed by atoms with van der Waals surface area (Å²) in [6.07, 6.45) is 3.71. The van der Waals surface area contributed by atoms with E-state index >= 15 is 0 Å². The van der Waals surface area contributed by atoms with Gasteiger partial charge >= 0.3 is 0 Å². The molecule has 0 radical (unpaired) electrons. The van der Waals surface area contributed by atoms with Crippen LogP contribution in [0.5, 0.6) is 0 Å².